The molecule has 0 aromatic carbocycles. The van der Waals surface area contributed by atoms with Crippen LogP contribution in [0.15, 0.2) is 12.4 Å². The Hall–Kier alpha value is -0.960. The third kappa shape index (κ3) is 3.82. The highest BCUT2D eigenvalue weighted by atomic mass is 32.2. The van der Waals surface area contributed by atoms with E-state index in [9.17, 15) is 8.42 Å². The van der Waals surface area contributed by atoms with Crippen molar-refractivity contribution < 1.29 is 8.42 Å². The predicted molar refractivity (Wildman–Crippen MR) is 81.8 cm³/mol. The van der Waals surface area contributed by atoms with Crippen LogP contribution >= 0.6 is 0 Å². The Balaban J connectivity index is 1.97. The first-order valence-corrected chi connectivity index (χ1v) is 8.67. The summed E-state index contributed by atoms with van der Waals surface area (Å²) >= 11 is 0. The van der Waals surface area contributed by atoms with Crippen LogP contribution in [0.3, 0.4) is 0 Å². The van der Waals surface area contributed by atoms with Crippen LogP contribution in [-0.4, -0.2) is 60.3 Å². The molecule has 1 N–H and O–H groups in total. The van der Waals surface area contributed by atoms with Gasteiger partial charge in [0.05, 0.1) is 6.54 Å². The van der Waals surface area contributed by atoms with Gasteiger partial charge in [-0.05, 0) is 32.4 Å². The van der Waals surface area contributed by atoms with Crippen LogP contribution < -0.4 is 5.32 Å². The van der Waals surface area contributed by atoms with E-state index in [1.165, 1.54) is 4.31 Å². The molecule has 1 aromatic rings. The maximum absolute atomic E-state index is 12.6. The second-order valence-electron chi connectivity index (χ2n) is 5.62. The van der Waals surface area contributed by atoms with Gasteiger partial charge in [-0.25, -0.2) is 4.98 Å². The normalized spacial score (nSPS) is 18.5. The summed E-state index contributed by atoms with van der Waals surface area (Å²) in [5.74, 6) is 1.31. The molecule has 0 spiro atoms. The largest absolute Gasteiger partial charge is 0.337 e. The predicted octanol–water partition coefficient (Wildman–Crippen LogP) is 0.0281. The number of hydrogen-bond donors (Lipinski definition) is 1. The van der Waals surface area contributed by atoms with Crippen molar-refractivity contribution in [3.63, 3.8) is 0 Å². The van der Waals surface area contributed by atoms with Crippen LogP contribution in [0.4, 0.5) is 0 Å². The second-order valence-corrected chi connectivity index (χ2v) is 7.65. The van der Waals surface area contributed by atoms with E-state index in [-0.39, 0.29) is 0 Å². The standard InChI is InChI=1S/C13H25N5O2S/c1-14-10-12-4-7-18(8-5-12)21(19,20)17(3)11-13-15-6-9-16(13)2/h6,9,12,14H,4-5,7-8,10-11H2,1-3H3. The number of nitrogens with one attached hydrogen (secondary N) is 1. The Morgan fingerprint density at radius 2 is 2.10 bits per heavy atom. The quantitative estimate of drug-likeness (QED) is 0.804. The molecule has 2 rings (SSSR count). The lowest BCUT2D eigenvalue weighted by Crippen LogP contribution is -2.46. The van der Waals surface area contributed by atoms with Crippen molar-refractivity contribution in [3.8, 4) is 0 Å². The van der Waals surface area contributed by atoms with Gasteiger partial charge >= 0.3 is 0 Å². The van der Waals surface area contributed by atoms with Gasteiger partial charge in [0.15, 0.2) is 0 Å². The number of aryl methyl sites for hydroxylation is 1. The van der Waals surface area contributed by atoms with Crippen LogP contribution in [0.25, 0.3) is 0 Å². The number of nitrogens with zero attached hydrogens (tertiary/aromatic N) is 4. The molecule has 2 heterocycles. The van der Waals surface area contributed by atoms with Crippen molar-refractivity contribution in [2.24, 2.45) is 13.0 Å². The lowest BCUT2D eigenvalue weighted by molar-refractivity contribution is 0.255. The van der Waals surface area contributed by atoms with E-state index in [2.05, 4.69) is 10.3 Å². The first-order valence-electron chi connectivity index (χ1n) is 7.27. The molecule has 1 aliphatic heterocycles. The molecule has 1 aliphatic rings. The number of imidazole rings is 1. The van der Waals surface area contributed by atoms with Gasteiger partial charge in [0.25, 0.3) is 10.2 Å². The first kappa shape index (κ1) is 16.4. The molecule has 1 aromatic heterocycles. The molecule has 7 nitrogen and oxygen atoms in total. The van der Waals surface area contributed by atoms with E-state index in [0.717, 1.165) is 25.2 Å². The summed E-state index contributed by atoms with van der Waals surface area (Å²) in [6.07, 6.45) is 5.32. The molecule has 0 radical (unpaired) electrons. The SMILES string of the molecule is CNCC1CCN(S(=O)(=O)N(C)Cc2nccn2C)CC1. The zero-order chi connectivity index (χ0) is 15.5. The lowest BCUT2D eigenvalue weighted by atomic mass is 9.98. The summed E-state index contributed by atoms with van der Waals surface area (Å²) in [5, 5.41) is 3.16. The molecule has 0 unspecified atom stereocenters. The average molecular weight is 315 g/mol. The van der Waals surface area contributed by atoms with Crippen LogP contribution in [0, 0.1) is 5.92 Å². The zero-order valence-corrected chi connectivity index (χ0v) is 13.8. The second kappa shape index (κ2) is 6.87. The number of hydrogen-bond acceptors (Lipinski definition) is 4. The number of piperidine rings is 1. The van der Waals surface area contributed by atoms with Crippen LogP contribution in [0.1, 0.15) is 18.7 Å². The Morgan fingerprint density at radius 1 is 1.43 bits per heavy atom. The molecule has 120 valence electrons. The fourth-order valence-electron chi connectivity index (χ4n) is 2.66. The van der Waals surface area contributed by atoms with Gasteiger partial charge in [0, 0.05) is 39.6 Å². The summed E-state index contributed by atoms with van der Waals surface area (Å²) in [4.78, 5) is 4.18. The van der Waals surface area contributed by atoms with Crippen molar-refractivity contribution in [2.45, 2.75) is 19.4 Å². The van der Waals surface area contributed by atoms with E-state index >= 15 is 0 Å². The molecule has 0 aliphatic carbocycles. The Morgan fingerprint density at radius 3 is 2.62 bits per heavy atom. The highest BCUT2D eigenvalue weighted by Crippen LogP contribution is 2.21. The molecule has 0 atom stereocenters. The molecule has 0 bridgehead atoms. The monoisotopic (exact) mass is 315 g/mol. The van der Waals surface area contributed by atoms with Crippen molar-refractivity contribution in [3.05, 3.63) is 18.2 Å². The van der Waals surface area contributed by atoms with Gasteiger partial charge < -0.3 is 9.88 Å². The molecule has 1 saturated heterocycles. The number of rotatable bonds is 6. The average Bonchev–Trinajstić information content (AvgIpc) is 2.85. The maximum Gasteiger partial charge on any atom is 0.282 e. The van der Waals surface area contributed by atoms with Gasteiger partial charge in [0.2, 0.25) is 0 Å². The summed E-state index contributed by atoms with van der Waals surface area (Å²) in [5.41, 5.74) is 0. The summed E-state index contributed by atoms with van der Waals surface area (Å²) in [6.45, 7) is 2.44. The van der Waals surface area contributed by atoms with Crippen molar-refractivity contribution in [1.82, 2.24) is 23.5 Å². The van der Waals surface area contributed by atoms with Gasteiger partial charge in [-0.3, -0.25) is 0 Å². The number of aromatic nitrogens is 2. The molecule has 8 heteroatoms. The molecular formula is C13H25N5O2S. The molecule has 1 fully saturated rings. The van der Waals surface area contributed by atoms with Crippen LogP contribution in [0.5, 0.6) is 0 Å². The van der Waals surface area contributed by atoms with E-state index < -0.39 is 10.2 Å². The molecule has 21 heavy (non-hydrogen) atoms. The van der Waals surface area contributed by atoms with Crippen LogP contribution in [0.2, 0.25) is 0 Å². The van der Waals surface area contributed by atoms with E-state index in [1.807, 2.05) is 24.9 Å². The summed E-state index contributed by atoms with van der Waals surface area (Å²) in [7, 11) is 2.02. The fraction of sp³-hybridized carbons (Fsp3) is 0.769. The van der Waals surface area contributed by atoms with Gasteiger partial charge in [-0.15, -0.1) is 0 Å². The van der Waals surface area contributed by atoms with Gasteiger partial charge in [0.1, 0.15) is 5.82 Å². The summed E-state index contributed by atoms with van der Waals surface area (Å²) in [6, 6.07) is 0. The molecule has 0 saturated carbocycles. The third-order valence-corrected chi connectivity index (χ3v) is 6.01. The van der Waals surface area contributed by atoms with Crippen molar-refractivity contribution in [1.29, 1.82) is 0 Å². The molecular weight excluding hydrogens is 290 g/mol. The maximum atomic E-state index is 12.6. The lowest BCUT2D eigenvalue weighted by Gasteiger charge is -2.33. The molecule has 0 amide bonds. The third-order valence-electron chi connectivity index (χ3n) is 4.07. The fourth-order valence-corrected chi connectivity index (χ4v) is 4.00. The Bertz CT molecular complexity index is 549. The zero-order valence-electron chi connectivity index (χ0n) is 13.0. The van der Waals surface area contributed by atoms with Gasteiger partial charge in [-0.2, -0.15) is 17.0 Å². The summed E-state index contributed by atoms with van der Waals surface area (Å²) < 4.78 is 30.0. The van der Waals surface area contributed by atoms with Crippen molar-refractivity contribution >= 4 is 10.2 Å². The highest BCUT2D eigenvalue weighted by Gasteiger charge is 2.31. The van der Waals surface area contributed by atoms with Crippen LogP contribution in [-0.2, 0) is 23.8 Å². The Kier molecular flexibility index (Phi) is 5.37. The van der Waals surface area contributed by atoms with E-state index in [1.54, 1.807) is 17.5 Å². The first-order chi connectivity index (χ1) is 9.95. The minimum absolute atomic E-state index is 0.294. The Labute approximate surface area is 127 Å². The smallest absolute Gasteiger partial charge is 0.282 e. The van der Waals surface area contributed by atoms with Gasteiger partial charge in [-0.1, -0.05) is 0 Å². The van der Waals surface area contributed by atoms with E-state index in [0.29, 0.717) is 25.6 Å². The van der Waals surface area contributed by atoms with E-state index in [4.69, 9.17) is 0 Å². The minimum Gasteiger partial charge on any atom is -0.337 e. The minimum atomic E-state index is -3.40. The topological polar surface area (TPSA) is 70.5 Å². The highest BCUT2D eigenvalue weighted by molar-refractivity contribution is 7.86. The van der Waals surface area contributed by atoms with Crippen molar-refractivity contribution in [2.75, 3.05) is 33.7 Å².